The van der Waals surface area contributed by atoms with Crippen molar-refractivity contribution in [1.82, 2.24) is 0 Å². The Kier molecular flexibility index (Phi) is 6.10. The van der Waals surface area contributed by atoms with Crippen LogP contribution in [0.4, 0.5) is 4.39 Å². The molecule has 20 heavy (non-hydrogen) atoms. The van der Waals surface area contributed by atoms with Gasteiger partial charge in [-0.05, 0) is 37.0 Å². The fourth-order valence-corrected chi connectivity index (χ4v) is 2.32. The largest absolute Gasteiger partial charge is 0.465 e. The summed E-state index contributed by atoms with van der Waals surface area (Å²) in [5, 5.41) is 9.24. The molecule has 2 atom stereocenters. The van der Waals surface area contributed by atoms with Gasteiger partial charge in [0.2, 0.25) is 0 Å². The zero-order chi connectivity index (χ0) is 15.2. The van der Waals surface area contributed by atoms with Gasteiger partial charge in [-0.25, -0.2) is 4.39 Å². The van der Waals surface area contributed by atoms with Gasteiger partial charge in [0.25, 0.3) is 0 Å². The molecule has 0 aliphatic carbocycles. The minimum Gasteiger partial charge on any atom is -0.465 e. The third-order valence-corrected chi connectivity index (χ3v) is 3.40. The first-order valence-corrected chi connectivity index (χ1v) is 6.74. The summed E-state index contributed by atoms with van der Waals surface area (Å²) in [4.78, 5) is 12.4. The van der Waals surface area contributed by atoms with Crippen LogP contribution >= 0.6 is 0 Å². The van der Waals surface area contributed by atoms with Gasteiger partial charge in [0.15, 0.2) is 0 Å². The molecule has 0 aromatic heterocycles. The summed E-state index contributed by atoms with van der Waals surface area (Å²) in [5.74, 6) is -1.05. The van der Waals surface area contributed by atoms with Crippen LogP contribution in [0, 0.1) is 11.7 Å². The number of carbonyl (C=O) groups is 1. The topological polar surface area (TPSA) is 72.5 Å². The number of esters is 1. The van der Waals surface area contributed by atoms with Gasteiger partial charge in [-0.1, -0.05) is 19.1 Å². The summed E-state index contributed by atoms with van der Waals surface area (Å²) in [5.41, 5.74) is 5.18. The maximum Gasteiger partial charge on any atom is 0.317 e. The smallest absolute Gasteiger partial charge is 0.317 e. The maximum absolute atomic E-state index is 13.5. The van der Waals surface area contributed by atoms with E-state index >= 15 is 0 Å². The van der Waals surface area contributed by atoms with Gasteiger partial charge < -0.3 is 15.6 Å². The van der Waals surface area contributed by atoms with Crippen molar-refractivity contribution in [3.05, 3.63) is 35.6 Å². The van der Waals surface area contributed by atoms with Gasteiger partial charge in [-0.2, -0.15) is 0 Å². The fraction of sp³-hybridized carbons (Fsp3) is 0.533. The molecule has 5 heteroatoms. The Morgan fingerprint density at radius 1 is 1.55 bits per heavy atom. The predicted molar refractivity (Wildman–Crippen MR) is 74.6 cm³/mol. The van der Waals surface area contributed by atoms with E-state index in [-0.39, 0.29) is 25.7 Å². The molecule has 1 aromatic carbocycles. The van der Waals surface area contributed by atoms with E-state index in [1.54, 1.807) is 13.0 Å². The number of hydrogen-bond donors (Lipinski definition) is 2. The van der Waals surface area contributed by atoms with Gasteiger partial charge in [-0.3, -0.25) is 4.79 Å². The highest BCUT2D eigenvalue weighted by Crippen LogP contribution is 2.32. The number of aliphatic hydroxyl groups is 1. The monoisotopic (exact) mass is 283 g/mol. The standard InChI is InChI=1S/C15H22FNO3/c1-3-20-14(19)15(10-17,8-11(2)9-18)12-5-4-6-13(16)7-12/h4-7,11,18H,3,8-10,17H2,1-2H3. The Bertz CT molecular complexity index is 452. The van der Waals surface area contributed by atoms with Crippen molar-refractivity contribution in [2.24, 2.45) is 11.7 Å². The van der Waals surface area contributed by atoms with E-state index in [1.165, 1.54) is 18.2 Å². The molecule has 1 rings (SSSR count). The van der Waals surface area contributed by atoms with Crippen molar-refractivity contribution in [2.75, 3.05) is 19.8 Å². The predicted octanol–water partition coefficient (Wildman–Crippen LogP) is 1.60. The minimum atomic E-state index is -1.12. The van der Waals surface area contributed by atoms with Crippen LogP contribution in [0.5, 0.6) is 0 Å². The third-order valence-electron chi connectivity index (χ3n) is 3.40. The molecule has 0 fully saturated rings. The molecule has 2 unspecified atom stereocenters. The van der Waals surface area contributed by atoms with Crippen LogP contribution in [0.3, 0.4) is 0 Å². The molecule has 0 heterocycles. The van der Waals surface area contributed by atoms with Crippen molar-refractivity contribution in [3.8, 4) is 0 Å². The Morgan fingerprint density at radius 3 is 2.75 bits per heavy atom. The molecular formula is C15H22FNO3. The minimum absolute atomic E-state index is 0.000370. The fourth-order valence-electron chi connectivity index (χ4n) is 2.32. The molecule has 0 bridgehead atoms. The highest BCUT2D eigenvalue weighted by Gasteiger charge is 2.41. The van der Waals surface area contributed by atoms with Crippen LogP contribution in [0.2, 0.25) is 0 Å². The molecule has 0 amide bonds. The summed E-state index contributed by atoms with van der Waals surface area (Å²) in [6.45, 7) is 3.67. The van der Waals surface area contributed by atoms with Gasteiger partial charge in [-0.15, -0.1) is 0 Å². The zero-order valence-corrected chi connectivity index (χ0v) is 11.9. The first-order valence-electron chi connectivity index (χ1n) is 6.74. The number of rotatable bonds is 7. The highest BCUT2D eigenvalue weighted by atomic mass is 19.1. The highest BCUT2D eigenvalue weighted by molar-refractivity contribution is 5.83. The van der Waals surface area contributed by atoms with Crippen molar-refractivity contribution in [3.63, 3.8) is 0 Å². The number of carbonyl (C=O) groups excluding carboxylic acids is 1. The number of benzene rings is 1. The van der Waals surface area contributed by atoms with Gasteiger partial charge in [0.1, 0.15) is 11.2 Å². The summed E-state index contributed by atoms with van der Waals surface area (Å²) < 4.78 is 18.6. The van der Waals surface area contributed by atoms with Crippen molar-refractivity contribution in [1.29, 1.82) is 0 Å². The van der Waals surface area contributed by atoms with Crippen LogP contribution < -0.4 is 5.73 Å². The summed E-state index contributed by atoms with van der Waals surface area (Å²) in [6.07, 6.45) is 0.308. The Balaban J connectivity index is 3.26. The van der Waals surface area contributed by atoms with Gasteiger partial charge in [0, 0.05) is 13.2 Å². The second-order valence-electron chi connectivity index (χ2n) is 5.01. The lowest BCUT2D eigenvalue weighted by Gasteiger charge is -2.32. The number of ether oxygens (including phenoxy) is 1. The number of halogens is 1. The van der Waals surface area contributed by atoms with Crippen LogP contribution in [-0.2, 0) is 14.9 Å². The molecule has 0 aliphatic heterocycles. The quantitative estimate of drug-likeness (QED) is 0.746. The molecular weight excluding hydrogens is 261 g/mol. The molecule has 3 N–H and O–H groups in total. The first-order chi connectivity index (χ1) is 9.50. The third kappa shape index (κ3) is 3.55. The summed E-state index contributed by atoms with van der Waals surface area (Å²) in [6, 6.07) is 5.81. The van der Waals surface area contributed by atoms with E-state index in [9.17, 15) is 14.3 Å². The van der Waals surface area contributed by atoms with Crippen LogP contribution in [0.15, 0.2) is 24.3 Å². The average Bonchev–Trinajstić information content (AvgIpc) is 2.44. The first kappa shape index (κ1) is 16.6. The van der Waals surface area contributed by atoms with E-state index in [0.717, 1.165) is 0 Å². The zero-order valence-electron chi connectivity index (χ0n) is 11.9. The van der Waals surface area contributed by atoms with E-state index < -0.39 is 17.2 Å². The van der Waals surface area contributed by atoms with E-state index in [4.69, 9.17) is 10.5 Å². The molecule has 112 valence electrons. The number of hydrogen-bond acceptors (Lipinski definition) is 4. The summed E-state index contributed by atoms with van der Waals surface area (Å²) >= 11 is 0. The Labute approximate surface area is 118 Å². The molecule has 4 nitrogen and oxygen atoms in total. The molecule has 0 saturated heterocycles. The number of aliphatic hydroxyl groups excluding tert-OH is 1. The second-order valence-corrected chi connectivity index (χ2v) is 5.01. The van der Waals surface area contributed by atoms with Crippen LogP contribution in [0.1, 0.15) is 25.8 Å². The average molecular weight is 283 g/mol. The molecule has 0 radical (unpaired) electrons. The van der Waals surface area contributed by atoms with Crippen molar-refractivity contribution >= 4 is 5.97 Å². The van der Waals surface area contributed by atoms with Crippen molar-refractivity contribution < 1.29 is 19.0 Å². The van der Waals surface area contributed by atoms with Crippen LogP contribution in [0.25, 0.3) is 0 Å². The molecule has 0 spiro atoms. The second kappa shape index (κ2) is 7.36. The molecule has 0 aliphatic rings. The normalized spacial score (nSPS) is 15.4. The van der Waals surface area contributed by atoms with Crippen molar-refractivity contribution in [2.45, 2.75) is 25.7 Å². The SMILES string of the molecule is CCOC(=O)C(CN)(CC(C)CO)c1cccc(F)c1. The molecule has 1 aromatic rings. The van der Waals surface area contributed by atoms with E-state index in [0.29, 0.717) is 12.0 Å². The van der Waals surface area contributed by atoms with Gasteiger partial charge >= 0.3 is 5.97 Å². The lowest BCUT2D eigenvalue weighted by Crippen LogP contribution is -2.46. The lowest BCUT2D eigenvalue weighted by atomic mass is 9.74. The molecule has 0 saturated carbocycles. The lowest BCUT2D eigenvalue weighted by molar-refractivity contribution is -0.150. The van der Waals surface area contributed by atoms with E-state index in [1.807, 2.05) is 6.92 Å². The summed E-state index contributed by atoms with van der Waals surface area (Å²) in [7, 11) is 0. The van der Waals surface area contributed by atoms with Gasteiger partial charge in [0.05, 0.1) is 6.61 Å². The Morgan fingerprint density at radius 2 is 2.25 bits per heavy atom. The van der Waals surface area contributed by atoms with E-state index in [2.05, 4.69) is 0 Å². The number of nitrogens with two attached hydrogens (primary N) is 1. The maximum atomic E-state index is 13.5. The Hall–Kier alpha value is -1.46. The van der Waals surface area contributed by atoms with Crippen LogP contribution in [-0.4, -0.2) is 30.8 Å².